The third-order valence-electron chi connectivity index (χ3n) is 3.20. The molecule has 2 aromatic rings. The van der Waals surface area contributed by atoms with Gasteiger partial charge >= 0.3 is 0 Å². The molecule has 1 unspecified atom stereocenters. The quantitative estimate of drug-likeness (QED) is 0.877. The lowest BCUT2D eigenvalue weighted by Crippen LogP contribution is -2.29. The zero-order valence-corrected chi connectivity index (χ0v) is 13.3. The Morgan fingerprint density at radius 3 is 2.59 bits per heavy atom. The van der Waals surface area contributed by atoms with E-state index in [-0.39, 0.29) is 16.5 Å². The molecule has 2 N–H and O–H groups in total. The average Bonchev–Trinajstić information content (AvgIpc) is 2.45. The van der Waals surface area contributed by atoms with Gasteiger partial charge in [0.25, 0.3) is 0 Å². The second-order valence-electron chi connectivity index (χ2n) is 4.80. The molecule has 0 saturated carbocycles. The lowest BCUT2D eigenvalue weighted by Gasteiger charge is -2.15. The van der Waals surface area contributed by atoms with Crippen LogP contribution in [0.4, 0.5) is 4.39 Å². The van der Waals surface area contributed by atoms with Gasteiger partial charge in [0, 0.05) is 6.54 Å². The zero-order chi connectivity index (χ0) is 16.3. The Morgan fingerprint density at radius 1 is 1.27 bits per heavy atom. The minimum Gasteiger partial charge on any atom is -0.387 e. The first-order valence-corrected chi connectivity index (χ1v) is 8.35. The van der Waals surface area contributed by atoms with E-state index in [9.17, 15) is 17.9 Å². The van der Waals surface area contributed by atoms with Gasteiger partial charge in [0.1, 0.15) is 10.7 Å². The van der Waals surface area contributed by atoms with Gasteiger partial charge in [-0.25, -0.2) is 17.5 Å². The van der Waals surface area contributed by atoms with Crippen LogP contribution < -0.4 is 4.72 Å². The van der Waals surface area contributed by atoms with Crippen LogP contribution in [0.3, 0.4) is 0 Å². The van der Waals surface area contributed by atoms with Crippen LogP contribution in [-0.2, 0) is 10.0 Å². The third-order valence-corrected chi connectivity index (χ3v) is 5.10. The van der Waals surface area contributed by atoms with Crippen molar-refractivity contribution in [1.29, 1.82) is 0 Å². The molecule has 0 aliphatic carbocycles. The normalized spacial score (nSPS) is 13.1. The van der Waals surface area contributed by atoms with E-state index in [4.69, 9.17) is 11.6 Å². The molecule has 0 radical (unpaired) electrons. The molecule has 2 aromatic carbocycles. The van der Waals surface area contributed by atoms with Crippen LogP contribution in [0, 0.1) is 12.7 Å². The molecule has 0 bridgehead atoms. The molecule has 0 amide bonds. The first kappa shape index (κ1) is 16.9. The summed E-state index contributed by atoms with van der Waals surface area (Å²) < 4.78 is 39.6. The minimum atomic E-state index is -3.93. The first-order chi connectivity index (χ1) is 10.3. The topological polar surface area (TPSA) is 66.4 Å². The Hall–Kier alpha value is -1.47. The van der Waals surface area contributed by atoms with Crippen molar-refractivity contribution < 1.29 is 17.9 Å². The van der Waals surface area contributed by atoms with Crippen LogP contribution in [0.5, 0.6) is 0 Å². The molecule has 0 spiro atoms. The van der Waals surface area contributed by atoms with Crippen molar-refractivity contribution in [2.75, 3.05) is 6.54 Å². The number of aliphatic hydroxyl groups excluding tert-OH is 1. The van der Waals surface area contributed by atoms with Crippen LogP contribution in [0.25, 0.3) is 0 Å². The Balaban J connectivity index is 2.15. The molecule has 2 rings (SSSR count). The molecule has 0 saturated heterocycles. The van der Waals surface area contributed by atoms with Gasteiger partial charge in [0.05, 0.1) is 11.1 Å². The fraction of sp³-hybridized carbons (Fsp3) is 0.200. The summed E-state index contributed by atoms with van der Waals surface area (Å²) in [4.78, 5) is -0.229. The van der Waals surface area contributed by atoms with Crippen LogP contribution >= 0.6 is 11.6 Å². The lowest BCUT2D eigenvalue weighted by molar-refractivity contribution is 0.181. The first-order valence-electron chi connectivity index (χ1n) is 6.49. The van der Waals surface area contributed by atoms with Crippen molar-refractivity contribution >= 4 is 21.6 Å². The van der Waals surface area contributed by atoms with Crippen molar-refractivity contribution in [1.82, 2.24) is 4.72 Å². The standard InChI is InChI=1S/C15H15ClFNO3S/c1-10-4-2-3-5-12(10)14(19)9-18-22(20,21)15-7-6-11(17)8-13(15)16/h2-8,14,18-19H,9H2,1H3. The van der Waals surface area contributed by atoms with Crippen LogP contribution in [-0.4, -0.2) is 20.1 Å². The molecule has 22 heavy (non-hydrogen) atoms. The second kappa shape index (κ2) is 6.75. The fourth-order valence-corrected chi connectivity index (χ4v) is 3.60. The van der Waals surface area contributed by atoms with Crippen molar-refractivity contribution in [2.24, 2.45) is 0 Å². The maximum atomic E-state index is 13.0. The molecular weight excluding hydrogens is 329 g/mol. The summed E-state index contributed by atoms with van der Waals surface area (Å²) in [5.74, 6) is -0.621. The molecule has 4 nitrogen and oxygen atoms in total. The van der Waals surface area contributed by atoms with E-state index in [1.54, 1.807) is 12.1 Å². The van der Waals surface area contributed by atoms with Gasteiger partial charge in [-0.2, -0.15) is 0 Å². The van der Waals surface area contributed by atoms with E-state index in [0.29, 0.717) is 5.56 Å². The number of rotatable bonds is 5. The zero-order valence-electron chi connectivity index (χ0n) is 11.8. The maximum absolute atomic E-state index is 13.0. The summed E-state index contributed by atoms with van der Waals surface area (Å²) in [5, 5.41) is 9.89. The molecule has 0 fully saturated rings. The Kier molecular flexibility index (Phi) is 5.18. The van der Waals surface area contributed by atoms with E-state index in [1.807, 2.05) is 19.1 Å². The van der Waals surface area contributed by atoms with E-state index in [0.717, 1.165) is 23.8 Å². The summed E-state index contributed by atoms with van der Waals surface area (Å²) in [6, 6.07) is 10.2. The van der Waals surface area contributed by atoms with Crippen molar-refractivity contribution in [2.45, 2.75) is 17.9 Å². The molecule has 0 aromatic heterocycles. The predicted octanol–water partition coefficient (Wildman–Crippen LogP) is 2.80. The number of sulfonamides is 1. The van der Waals surface area contributed by atoms with Crippen LogP contribution in [0.2, 0.25) is 5.02 Å². The van der Waals surface area contributed by atoms with E-state index < -0.39 is 21.9 Å². The van der Waals surface area contributed by atoms with E-state index >= 15 is 0 Å². The number of aliphatic hydroxyl groups is 1. The summed E-state index contributed by atoms with van der Waals surface area (Å²) >= 11 is 5.75. The molecule has 0 heterocycles. The summed E-state index contributed by atoms with van der Waals surface area (Å²) in [6.07, 6.45) is -0.991. The maximum Gasteiger partial charge on any atom is 0.242 e. The highest BCUT2D eigenvalue weighted by atomic mass is 35.5. The summed E-state index contributed by atoms with van der Waals surface area (Å²) in [6.45, 7) is 1.62. The van der Waals surface area contributed by atoms with Gasteiger partial charge in [0.15, 0.2) is 0 Å². The summed E-state index contributed by atoms with van der Waals surface area (Å²) in [5.41, 5.74) is 1.49. The van der Waals surface area contributed by atoms with Gasteiger partial charge in [-0.1, -0.05) is 35.9 Å². The molecule has 0 aliphatic heterocycles. The van der Waals surface area contributed by atoms with E-state index in [2.05, 4.69) is 4.72 Å². The average molecular weight is 344 g/mol. The lowest BCUT2D eigenvalue weighted by atomic mass is 10.0. The van der Waals surface area contributed by atoms with Crippen molar-refractivity contribution in [3.8, 4) is 0 Å². The molecule has 7 heteroatoms. The molecule has 0 aliphatic rings. The van der Waals surface area contributed by atoms with Gasteiger partial charge < -0.3 is 5.11 Å². The number of hydrogen-bond donors (Lipinski definition) is 2. The Bertz CT molecular complexity index is 780. The number of benzene rings is 2. The highest BCUT2D eigenvalue weighted by Crippen LogP contribution is 2.23. The van der Waals surface area contributed by atoms with Gasteiger partial charge in [0.2, 0.25) is 10.0 Å². The van der Waals surface area contributed by atoms with Crippen LogP contribution in [0.1, 0.15) is 17.2 Å². The van der Waals surface area contributed by atoms with E-state index in [1.165, 1.54) is 0 Å². The number of halogens is 2. The van der Waals surface area contributed by atoms with Crippen LogP contribution in [0.15, 0.2) is 47.4 Å². The van der Waals surface area contributed by atoms with Gasteiger partial charge in [-0.15, -0.1) is 0 Å². The predicted molar refractivity (Wildman–Crippen MR) is 82.7 cm³/mol. The number of aryl methyl sites for hydroxylation is 1. The smallest absolute Gasteiger partial charge is 0.242 e. The fourth-order valence-electron chi connectivity index (χ4n) is 2.03. The number of hydrogen-bond acceptors (Lipinski definition) is 3. The highest BCUT2D eigenvalue weighted by Gasteiger charge is 2.20. The Morgan fingerprint density at radius 2 is 1.95 bits per heavy atom. The minimum absolute atomic E-state index is 0.207. The highest BCUT2D eigenvalue weighted by molar-refractivity contribution is 7.89. The largest absolute Gasteiger partial charge is 0.387 e. The second-order valence-corrected chi connectivity index (χ2v) is 6.94. The number of nitrogens with one attached hydrogen (secondary N) is 1. The van der Waals surface area contributed by atoms with Gasteiger partial charge in [-0.3, -0.25) is 0 Å². The Labute approximate surface area is 133 Å². The molecule has 1 atom stereocenters. The monoisotopic (exact) mass is 343 g/mol. The summed E-state index contributed by atoms with van der Waals surface area (Å²) in [7, 11) is -3.93. The van der Waals surface area contributed by atoms with Crippen molar-refractivity contribution in [3.05, 3.63) is 64.4 Å². The molecular formula is C15H15ClFNO3S. The molecule has 118 valence electrons. The van der Waals surface area contributed by atoms with Crippen molar-refractivity contribution in [3.63, 3.8) is 0 Å². The SMILES string of the molecule is Cc1ccccc1C(O)CNS(=O)(=O)c1ccc(F)cc1Cl. The van der Waals surface area contributed by atoms with Gasteiger partial charge in [-0.05, 0) is 36.2 Å². The third kappa shape index (κ3) is 3.84.